The molecule has 0 unspecified atom stereocenters. The average Bonchev–Trinajstić information content (AvgIpc) is 2.72. The molecule has 0 saturated heterocycles. The van der Waals surface area contributed by atoms with Crippen LogP contribution in [-0.2, 0) is 0 Å². The molecule has 0 bridgehead atoms. The second-order valence-corrected chi connectivity index (χ2v) is 5.42. The molecule has 1 N–H and O–H groups in total. The number of benzene rings is 2. The maximum Gasteiger partial charge on any atom is 0.255 e. The highest BCUT2D eigenvalue weighted by Crippen LogP contribution is 2.24. The van der Waals surface area contributed by atoms with Crippen LogP contribution in [0.25, 0.3) is 0 Å². The van der Waals surface area contributed by atoms with Crippen LogP contribution in [0, 0.1) is 11.8 Å². The first-order valence-corrected chi connectivity index (χ1v) is 8.41. The van der Waals surface area contributed by atoms with Crippen LogP contribution in [0.4, 0.5) is 0 Å². The largest absolute Gasteiger partial charge is 0.479 e. The highest BCUT2D eigenvalue weighted by molar-refractivity contribution is 5.97. The van der Waals surface area contributed by atoms with Crippen molar-refractivity contribution in [1.29, 1.82) is 0 Å². The third kappa shape index (κ3) is 5.62. The summed E-state index contributed by atoms with van der Waals surface area (Å²) in [5.74, 6) is 7.28. The summed E-state index contributed by atoms with van der Waals surface area (Å²) in [6.07, 6.45) is 3.29. The van der Waals surface area contributed by atoms with Gasteiger partial charge in [0.1, 0.15) is 23.9 Å². The average molecular weight is 358 g/mol. The summed E-state index contributed by atoms with van der Waals surface area (Å²) < 4.78 is 11.2. The fourth-order valence-corrected chi connectivity index (χ4v) is 2.24. The van der Waals surface area contributed by atoms with Gasteiger partial charge in [0, 0.05) is 6.20 Å². The van der Waals surface area contributed by atoms with E-state index in [1.54, 1.807) is 42.7 Å². The zero-order valence-corrected chi connectivity index (χ0v) is 14.6. The molecule has 0 aliphatic carbocycles. The topological polar surface area (TPSA) is 60.5 Å². The second-order valence-electron chi connectivity index (χ2n) is 5.42. The molecular formula is C22H18N2O3. The van der Waals surface area contributed by atoms with Gasteiger partial charge in [-0.15, -0.1) is 0 Å². The van der Waals surface area contributed by atoms with Crippen molar-refractivity contribution in [3.05, 3.63) is 84.7 Å². The molecule has 0 fully saturated rings. The van der Waals surface area contributed by atoms with Gasteiger partial charge in [0.15, 0.2) is 0 Å². The van der Waals surface area contributed by atoms with Crippen molar-refractivity contribution >= 4 is 5.91 Å². The van der Waals surface area contributed by atoms with E-state index in [1.807, 2.05) is 36.4 Å². The van der Waals surface area contributed by atoms with Gasteiger partial charge in [0.25, 0.3) is 5.91 Å². The molecule has 1 aromatic heterocycles. The molecule has 27 heavy (non-hydrogen) atoms. The molecule has 5 nitrogen and oxygen atoms in total. The van der Waals surface area contributed by atoms with Crippen LogP contribution < -0.4 is 14.8 Å². The van der Waals surface area contributed by atoms with E-state index in [2.05, 4.69) is 22.1 Å². The number of ether oxygens (including phenoxy) is 2. The van der Waals surface area contributed by atoms with E-state index < -0.39 is 0 Å². The zero-order chi connectivity index (χ0) is 18.7. The molecule has 134 valence electrons. The Morgan fingerprint density at radius 2 is 1.70 bits per heavy atom. The van der Waals surface area contributed by atoms with Crippen LogP contribution >= 0.6 is 0 Å². The van der Waals surface area contributed by atoms with Gasteiger partial charge in [-0.1, -0.05) is 42.2 Å². The number of rotatable bonds is 6. The lowest BCUT2D eigenvalue weighted by molar-refractivity contribution is 0.0956. The smallest absolute Gasteiger partial charge is 0.255 e. The Labute approximate surface area is 158 Å². The maximum atomic E-state index is 12.4. The number of aromatic nitrogens is 1. The van der Waals surface area contributed by atoms with Gasteiger partial charge in [0.05, 0.1) is 18.3 Å². The molecule has 0 aliphatic heterocycles. The highest BCUT2D eigenvalue weighted by atomic mass is 16.5. The van der Waals surface area contributed by atoms with Gasteiger partial charge >= 0.3 is 0 Å². The van der Waals surface area contributed by atoms with Gasteiger partial charge in [-0.2, -0.15) is 0 Å². The van der Waals surface area contributed by atoms with Gasteiger partial charge in [-0.3, -0.25) is 9.78 Å². The van der Waals surface area contributed by atoms with Gasteiger partial charge in [-0.25, -0.2) is 0 Å². The van der Waals surface area contributed by atoms with Crippen LogP contribution in [0.3, 0.4) is 0 Å². The number of hydrogen-bond donors (Lipinski definition) is 1. The minimum atomic E-state index is -0.246. The molecule has 3 rings (SSSR count). The number of carbonyl (C=O) groups excluding carboxylic acids is 1. The summed E-state index contributed by atoms with van der Waals surface area (Å²) in [5.41, 5.74) is 0.453. The van der Waals surface area contributed by atoms with Gasteiger partial charge in [-0.05, 0) is 36.4 Å². The Bertz CT molecular complexity index is 932. The Hall–Kier alpha value is -3.78. The fourth-order valence-electron chi connectivity index (χ4n) is 2.24. The first-order chi connectivity index (χ1) is 13.3. The van der Waals surface area contributed by atoms with E-state index in [9.17, 15) is 4.79 Å². The number of carbonyl (C=O) groups is 1. The van der Waals surface area contributed by atoms with Crippen molar-refractivity contribution in [3.63, 3.8) is 0 Å². The van der Waals surface area contributed by atoms with Crippen LogP contribution in [0.1, 0.15) is 10.4 Å². The maximum absolute atomic E-state index is 12.4. The normalized spacial score (nSPS) is 9.63. The first-order valence-electron chi connectivity index (χ1n) is 8.41. The Kier molecular flexibility index (Phi) is 6.43. The standard InChI is InChI=1S/C22H18N2O3/c25-22(24-15-6-7-16-26-19-11-8-14-23-17-19)20-12-4-5-13-21(20)27-18-9-2-1-3-10-18/h1-5,8-14,17H,15-16H2,(H,24,25). The number of amides is 1. The van der Waals surface area contributed by atoms with E-state index in [-0.39, 0.29) is 19.1 Å². The predicted octanol–water partition coefficient (Wildman–Crippen LogP) is 3.69. The van der Waals surface area contributed by atoms with Crippen molar-refractivity contribution in [3.8, 4) is 29.1 Å². The Balaban J connectivity index is 1.52. The number of para-hydroxylation sites is 2. The lowest BCUT2D eigenvalue weighted by Crippen LogP contribution is -2.24. The van der Waals surface area contributed by atoms with Crippen molar-refractivity contribution in [2.45, 2.75) is 0 Å². The molecule has 0 saturated carbocycles. The fraction of sp³-hybridized carbons (Fsp3) is 0.0909. The molecule has 2 aromatic carbocycles. The Morgan fingerprint density at radius 3 is 2.52 bits per heavy atom. The summed E-state index contributed by atoms with van der Waals surface area (Å²) in [5, 5.41) is 2.76. The molecule has 5 heteroatoms. The van der Waals surface area contributed by atoms with Crippen molar-refractivity contribution in [2.75, 3.05) is 13.2 Å². The first kappa shape index (κ1) is 18.0. The Morgan fingerprint density at radius 1 is 0.926 bits per heavy atom. The van der Waals surface area contributed by atoms with Crippen molar-refractivity contribution < 1.29 is 14.3 Å². The third-order valence-corrected chi connectivity index (χ3v) is 3.51. The minimum Gasteiger partial charge on any atom is -0.479 e. The summed E-state index contributed by atoms with van der Waals surface area (Å²) in [4.78, 5) is 16.4. The van der Waals surface area contributed by atoms with Gasteiger partial charge < -0.3 is 14.8 Å². The highest BCUT2D eigenvalue weighted by Gasteiger charge is 2.11. The summed E-state index contributed by atoms with van der Waals surface area (Å²) in [6.45, 7) is 0.449. The van der Waals surface area contributed by atoms with Crippen LogP contribution in [0.15, 0.2) is 79.1 Å². The molecular weight excluding hydrogens is 340 g/mol. The minimum absolute atomic E-state index is 0.217. The molecule has 0 spiro atoms. The summed E-state index contributed by atoms with van der Waals surface area (Å²) >= 11 is 0. The van der Waals surface area contributed by atoms with Crippen LogP contribution in [0.5, 0.6) is 17.2 Å². The molecule has 0 aliphatic rings. The third-order valence-electron chi connectivity index (χ3n) is 3.51. The quantitative estimate of drug-likeness (QED) is 0.683. The van der Waals surface area contributed by atoms with Crippen LogP contribution in [-0.4, -0.2) is 24.0 Å². The molecule has 3 aromatic rings. The summed E-state index contributed by atoms with van der Waals surface area (Å²) in [7, 11) is 0. The lowest BCUT2D eigenvalue weighted by atomic mass is 10.2. The summed E-state index contributed by atoms with van der Waals surface area (Å²) in [6, 6.07) is 20.0. The molecule has 0 atom stereocenters. The van der Waals surface area contributed by atoms with Crippen molar-refractivity contribution in [1.82, 2.24) is 10.3 Å². The van der Waals surface area contributed by atoms with E-state index >= 15 is 0 Å². The second kappa shape index (κ2) is 9.64. The number of hydrogen-bond acceptors (Lipinski definition) is 4. The predicted molar refractivity (Wildman–Crippen MR) is 103 cm³/mol. The van der Waals surface area contributed by atoms with E-state index in [1.165, 1.54) is 0 Å². The van der Waals surface area contributed by atoms with E-state index in [4.69, 9.17) is 9.47 Å². The number of nitrogens with one attached hydrogen (secondary N) is 1. The molecule has 1 heterocycles. The van der Waals surface area contributed by atoms with E-state index in [0.717, 1.165) is 0 Å². The van der Waals surface area contributed by atoms with E-state index in [0.29, 0.717) is 22.8 Å². The van der Waals surface area contributed by atoms with Gasteiger partial charge in [0.2, 0.25) is 0 Å². The zero-order valence-electron chi connectivity index (χ0n) is 14.6. The number of pyridine rings is 1. The number of nitrogens with zero attached hydrogens (tertiary/aromatic N) is 1. The lowest BCUT2D eigenvalue weighted by Gasteiger charge is -2.10. The van der Waals surface area contributed by atoms with Crippen molar-refractivity contribution in [2.24, 2.45) is 0 Å². The van der Waals surface area contributed by atoms with Crippen LogP contribution in [0.2, 0.25) is 0 Å². The molecule has 0 radical (unpaired) electrons. The monoisotopic (exact) mass is 358 g/mol. The molecule has 1 amide bonds. The SMILES string of the molecule is O=C(NCC#CCOc1cccnc1)c1ccccc1Oc1ccccc1.